The Labute approximate surface area is 368 Å². The van der Waals surface area contributed by atoms with Gasteiger partial charge >= 0.3 is 0 Å². The van der Waals surface area contributed by atoms with Crippen LogP contribution < -0.4 is 11.6 Å². The molecule has 0 aromatic rings. The molecule has 10 bridgehead atoms. The van der Waals surface area contributed by atoms with Crippen LogP contribution in [0.5, 0.6) is 0 Å². The van der Waals surface area contributed by atoms with Gasteiger partial charge in [0, 0.05) is 59.9 Å². The largest absolute Gasteiger partial charge is 0.411 e. The summed E-state index contributed by atoms with van der Waals surface area (Å²) in [4.78, 5) is 27.8. The Hall–Kier alpha value is -2.24. The molecule has 6 N–H and O–H groups in total. The second-order valence-corrected chi connectivity index (χ2v) is 26.3. The van der Waals surface area contributed by atoms with Gasteiger partial charge in [-0.2, -0.15) is 5.48 Å². The molecular formula is C50H86N6O5. The van der Waals surface area contributed by atoms with Crippen LogP contribution in [0.15, 0.2) is 10.3 Å². The van der Waals surface area contributed by atoms with E-state index in [1.165, 1.54) is 70.6 Å². The molecular weight excluding hydrogens is 765 g/mol. The van der Waals surface area contributed by atoms with Crippen molar-refractivity contribution in [1.82, 2.24) is 11.6 Å². The van der Waals surface area contributed by atoms with Crippen molar-refractivity contribution in [3.63, 3.8) is 0 Å². The molecule has 1 heterocycles. The minimum atomic E-state index is -0.539. The van der Waals surface area contributed by atoms with Gasteiger partial charge in [-0.05, 0) is 126 Å². The lowest BCUT2D eigenvalue weighted by Gasteiger charge is -2.38. The van der Waals surface area contributed by atoms with Crippen LogP contribution in [0.2, 0.25) is 0 Å². The van der Waals surface area contributed by atoms with Gasteiger partial charge in [0.2, 0.25) is 0 Å². The van der Waals surface area contributed by atoms with Gasteiger partial charge in [0.1, 0.15) is 11.5 Å². The lowest BCUT2D eigenvalue weighted by Crippen LogP contribution is -2.46. The summed E-state index contributed by atoms with van der Waals surface area (Å²) in [6.45, 7) is 33.1. The van der Waals surface area contributed by atoms with Crippen molar-refractivity contribution in [3.8, 4) is 0 Å². The summed E-state index contributed by atoms with van der Waals surface area (Å²) in [5.74, 6) is 4.21. The van der Waals surface area contributed by atoms with Gasteiger partial charge in [0.05, 0.1) is 10.8 Å². The summed E-state index contributed by atoms with van der Waals surface area (Å²) in [5, 5.41) is 34.1. The number of Topliss-reactive ketones (excluding diaryl/α,β-unsaturated/α-hetero) is 1. The molecule has 11 rings (SSSR count). The van der Waals surface area contributed by atoms with E-state index in [1.54, 1.807) is 0 Å². The number of rotatable bonds is 1. The molecule has 11 unspecified atom stereocenters. The van der Waals surface area contributed by atoms with E-state index in [2.05, 4.69) is 120 Å². The number of nitrogens with zero attached hydrogens (tertiary/aromatic N) is 3. The van der Waals surface area contributed by atoms with E-state index in [0.29, 0.717) is 28.4 Å². The van der Waals surface area contributed by atoms with Crippen molar-refractivity contribution < 1.29 is 19.9 Å². The number of fused-ring (bicyclic) bond motifs is 11. The molecule has 0 radical (unpaired) electrons. The third kappa shape index (κ3) is 7.04. The van der Waals surface area contributed by atoms with Crippen molar-refractivity contribution in [3.05, 3.63) is 10.1 Å². The number of carbonyl (C=O) groups is 1. The van der Waals surface area contributed by atoms with E-state index in [0.717, 1.165) is 60.6 Å². The molecule has 11 fully saturated rings. The number of hydrogen-bond donors (Lipinski definition) is 4. The number of hydrazone groups is 1. The first-order valence-electron chi connectivity index (χ1n) is 23.9. The van der Waals surface area contributed by atoms with Crippen molar-refractivity contribution in [2.24, 2.45) is 94.0 Å². The standard InChI is InChI=1S/C10H16N2O2.2C10H17NO.C10H17N.C10H16O.H3N/c1-9(2)7-4-5-10(3,6-7)8(9)11-12(13)14;1-8(2)7-4-5-9(3,6-7)10(8)11-12-10;1-9(2)7-4-5-10(3,6-7)8(9)11-12;2*1-9(2)7-4-5-10(3,6-7)8(9)11;/h7H,4-6H2,1-3H3;7,11H,4-6H2,1-3H3;7,12H,4-6H2,1-3H3;7,11H,4-6H2,1-3H3;7H,4-6H2,1-3H3;1H3/b11-8-;;11-8-;;;. The number of hydroxylamine groups is 1. The molecule has 10 aliphatic carbocycles. The van der Waals surface area contributed by atoms with Gasteiger partial charge in [-0.25, -0.2) is 10.1 Å². The quantitative estimate of drug-likeness (QED) is 0.0870. The minimum absolute atomic E-state index is 0. The number of ketones is 1. The maximum Gasteiger partial charge on any atom is 0.190 e. The highest BCUT2D eigenvalue weighted by molar-refractivity contribution is 5.98. The molecule has 1 saturated heterocycles. The first kappa shape index (κ1) is 48.2. The molecule has 10 saturated carbocycles. The van der Waals surface area contributed by atoms with Crippen LogP contribution in [0.25, 0.3) is 0 Å². The van der Waals surface area contributed by atoms with Crippen molar-refractivity contribution >= 4 is 22.9 Å². The van der Waals surface area contributed by atoms with Gasteiger partial charge in [0.25, 0.3) is 0 Å². The smallest absolute Gasteiger partial charge is 0.190 e. The Kier molecular flexibility index (Phi) is 11.6. The van der Waals surface area contributed by atoms with E-state index >= 15 is 0 Å². The van der Waals surface area contributed by atoms with E-state index in [1.807, 2.05) is 0 Å². The molecule has 11 aliphatic rings. The number of oxime groups is 1. The second-order valence-electron chi connectivity index (χ2n) is 26.3. The van der Waals surface area contributed by atoms with E-state index < -0.39 is 5.03 Å². The SMILES string of the molecule is CC12CCC(C1)C(C)(C)/C2=N/O.CC12CCC(C1)C(C)(C)/C2=N/[N+](=O)[O-].CC12CCC(C1)C(C)(C)C21NO1.CC12CCC(C1)C(C)(C)C2=N.CC12CCC(C1)C(C)(C)C2=O.N. The minimum Gasteiger partial charge on any atom is -0.411 e. The Morgan fingerprint density at radius 2 is 1.00 bits per heavy atom. The zero-order valence-electron chi connectivity index (χ0n) is 41.1. The highest BCUT2D eigenvalue weighted by Gasteiger charge is 2.77. The van der Waals surface area contributed by atoms with E-state index in [9.17, 15) is 14.9 Å². The van der Waals surface area contributed by atoms with Gasteiger partial charge in [0.15, 0.2) is 10.8 Å². The van der Waals surface area contributed by atoms with E-state index in [-0.39, 0.29) is 55.2 Å². The zero-order chi connectivity index (χ0) is 44.7. The second kappa shape index (κ2) is 14.6. The van der Waals surface area contributed by atoms with Crippen LogP contribution in [-0.2, 0) is 9.63 Å². The van der Waals surface area contributed by atoms with Crippen molar-refractivity contribution in [1.29, 1.82) is 5.41 Å². The molecule has 0 amide bonds. The normalized spacial score (nSPS) is 47.6. The highest BCUT2D eigenvalue weighted by atomic mass is 16.8. The van der Waals surface area contributed by atoms with Crippen LogP contribution in [0, 0.1) is 99.3 Å². The van der Waals surface area contributed by atoms with Crippen LogP contribution in [-0.4, -0.2) is 38.9 Å². The van der Waals surface area contributed by atoms with Crippen LogP contribution in [0.3, 0.4) is 0 Å². The van der Waals surface area contributed by atoms with Crippen molar-refractivity contribution in [2.75, 3.05) is 0 Å². The lowest BCUT2D eigenvalue weighted by molar-refractivity contribution is -0.485. The van der Waals surface area contributed by atoms with Crippen LogP contribution in [0.1, 0.15) is 200 Å². The third-order valence-corrected chi connectivity index (χ3v) is 20.9. The molecule has 1 spiro atoms. The average Bonchev–Trinajstić information content (AvgIpc) is 3.84. The maximum atomic E-state index is 11.8. The van der Waals surface area contributed by atoms with Gasteiger partial charge in [-0.15, -0.1) is 0 Å². The van der Waals surface area contributed by atoms with Gasteiger partial charge < -0.3 is 16.8 Å². The molecule has 11 nitrogen and oxygen atoms in total. The summed E-state index contributed by atoms with van der Waals surface area (Å²) in [7, 11) is 0. The summed E-state index contributed by atoms with van der Waals surface area (Å²) >= 11 is 0. The highest BCUT2D eigenvalue weighted by Crippen LogP contribution is 2.72. The summed E-state index contributed by atoms with van der Waals surface area (Å²) < 4.78 is 0. The monoisotopic (exact) mass is 851 g/mol. The zero-order valence-corrected chi connectivity index (χ0v) is 41.1. The van der Waals surface area contributed by atoms with Crippen LogP contribution >= 0.6 is 0 Å². The predicted octanol–water partition coefficient (Wildman–Crippen LogP) is 12.6. The molecule has 61 heavy (non-hydrogen) atoms. The Bertz CT molecular complexity index is 1780. The first-order valence-corrected chi connectivity index (χ1v) is 23.9. The van der Waals surface area contributed by atoms with Gasteiger partial charge in [-0.3, -0.25) is 9.63 Å². The number of hydrogen-bond acceptors (Lipinski definition) is 9. The molecule has 11 atom stereocenters. The maximum absolute atomic E-state index is 11.8. The number of nitrogens with one attached hydrogen (secondary N) is 2. The number of nitro groups is 1. The molecule has 11 heteroatoms. The summed E-state index contributed by atoms with van der Waals surface area (Å²) in [5.41, 5.74) is 7.68. The first-order chi connectivity index (χ1) is 27.3. The predicted molar refractivity (Wildman–Crippen MR) is 245 cm³/mol. The average molecular weight is 851 g/mol. The number of carbonyl (C=O) groups excluding carboxylic acids is 1. The molecule has 1 aliphatic heterocycles. The Morgan fingerprint density at radius 3 is 1.25 bits per heavy atom. The van der Waals surface area contributed by atoms with Crippen LogP contribution in [0.4, 0.5) is 0 Å². The Balaban J connectivity index is 0.000000127. The van der Waals surface area contributed by atoms with Crippen molar-refractivity contribution in [2.45, 2.75) is 206 Å². The third-order valence-electron chi connectivity index (χ3n) is 20.9. The molecule has 0 aromatic heterocycles. The van der Waals surface area contributed by atoms with Gasteiger partial charge in [-0.1, -0.05) is 109 Å². The summed E-state index contributed by atoms with van der Waals surface area (Å²) in [6.07, 6.45) is 18.6. The topological polar surface area (TPSA) is 198 Å². The fourth-order valence-electron chi connectivity index (χ4n) is 16.6. The summed E-state index contributed by atoms with van der Waals surface area (Å²) in [6, 6.07) is 0. The van der Waals surface area contributed by atoms with E-state index in [4.69, 9.17) is 15.5 Å². The fourth-order valence-corrected chi connectivity index (χ4v) is 16.6. The molecule has 346 valence electrons. The lowest BCUT2D eigenvalue weighted by atomic mass is 9.67. The Morgan fingerprint density at radius 1 is 0.607 bits per heavy atom. The molecule has 0 aromatic carbocycles. The fraction of sp³-hybridized carbons (Fsp3) is 0.920.